The Morgan fingerprint density at radius 2 is 2.28 bits per heavy atom. The minimum absolute atomic E-state index is 0.354. The largest absolute Gasteiger partial charge is 0.377 e. The average molecular weight is 284 g/mol. The minimum atomic E-state index is 0.354. The highest BCUT2D eigenvalue weighted by atomic mass is 35.5. The zero-order valence-corrected chi connectivity index (χ0v) is 11.8. The summed E-state index contributed by atoms with van der Waals surface area (Å²) in [6.07, 6.45) is 0. The molecular weight excluding hydrogens is 270 g/mol. The van der Waals surface area contributed by atoms with Gasteiger partial charge in [-0.15, -0.1) is 11.3 Å². The fourth-order valence-electron chi connectivity index (χ4n) is 1.50. The topological polar surface area (TPSA) is 47.0 Å². The van der Waals surface area contributed by atoms with Gasteiger partial charge in [-0.25, -0.2) is 9.97 Å². The van der Waals surface area contributed by atoms with Crippen molar-refractivity contribution in [3.05, 3.63) is 38.9 Å². The van der Waals surface area contributed by atoms with Crippen molar-refractivity contribution in [2.75, 3.05) is 12.4 Å². The molecule has 0 spiro atoms. The van der Waals surface area contributed by atoms with Crippen molar-refractivity contribution >= 4 is 28.8 Å². The van der Waals surface area contributed by atoms with Crippen molar-refractivity contribution in [2.45, 2.75) is 20.1 Å². The van der Waals surface area contributed by atoms with Crippen LogP contribution < -0.4 is 5.32 Å². The van der Waals surface area contributed by atoms with Crippen LogP contribution in [0.15, 0.2) is 17.5 Å². The maximum Gasteiger partial charge on any atom is 0.158 e. The molecule has 18 heavy (non-hydrogen) atoms. The monoisotopic (exact) mass is 283 g/mol. The van der Waals surface area contributed by atoms with Crippen LogP contribution in [0.5, 0.6) is 0 Å². The first kappa shape index (κ1) is 13.3. The molecule has 0 bridgehead atoms. The van der Waals surface area contributed by atoms with Crippen LogP contribution in [-0.4, -0.2) is 17.1 Å². The zero-order valence-electron chi connectivity index (χ0n) is 10.2. The molecule has 2 heterocycles. The Balaban J connectivity index is 2.07. The van der Waals surface area contributed by atoms with Crippen molar-refractivity contribution in [2.24, 2.45) is 0 Å². The summed E-state index contributed by atoms with van der Waals surface area (Å²) < 4.78 is 5.00. The van der Waals surface area contributed by atoms with E-state index in [-0.39, 0.29) is 0 Å². The lowest BCUT2D eigenvalue weighted by molar-refractivity contribution is 0.178. The third-order valence-electron chi connectivity index (χ3n) is 2.41. The van der Waals surface area contributed by atoms with Crippen molar-refractivity contribution in [3.8, 4) is 0 Å². The standard InChI is InChI=1S/C12H14ClN3OS/c1-8-3-4-18-9(8)6-14-11-5-10(13)15-12(16-11)7-17-2/h3-5H,6-7H2,1-2H3,(H,14,15,16). The van der Waals surface area contributed by atoms with E-state index in [1.807, 2.05) is 0 Å². The fourth-order valence-corrected chi connectivity index (χ4v) is 2.55. The molecule has 1 N–H and O–H groups in total. The summed E-state index contributed by atoms with van der Waals surface area (Å²) in [5.41, 5.74) is 1.28. The number of ether oxygens (including phenoxy) is 1. The Bertz CT molecular complexity index is 530. The number of hydrogen-bond donors (Lipinski definition) is 1. The van der Waals surface area contributed by atoms with Gasteiger partial charge in [0.1, 0.15) is 17.6 Å². The average Bonchev–Trinajstić information content (AvgIpc) is 2.72. The van der Waals surface area contributed by atoms with Gasteiger partial charge >= 0.3 is 0 Å². The maximum absolute atomic E-state index is 5.93. The number of anilines is 1. The summed E-state index contributed by atoms with van der Waals surface area (Å²) in [7, 11) is 1.60. The van der Waals surface area contributed by atoms with Gasteiger partial charge in [0.15, 0.2) is 5.82 Å². The van der Waals surface area contributed by atoms with Crippen molar-refractivity contribution in [3.63, 3.8) is 0 Å². The molecular formula is C12H14ClN3OS. The maximum atomic E-state index is 5.93. The molecule has 4 nitrogen and oxygen atoms in total. The molecule has 2 aromatic rings. The van der Waals surface area contributed by atoms with Crippen LogP contribution in [0.25, 0.3) is 0 Å². The Kier molecular flexibility index (Phi) is 4.52. The number of halogens is 1. The van der Waals surface area contributed by atoms with Crippen LogP contribution in [0.3, 0.4) is 0 Å². The SMILES string of the molecule is COCc1nc(Cl)cc(NCc2sccc2C)n1. The van der Waals surface area contributed by atoms with Crippen LogP contribution in [0.4, 0.5) is 5.82 Å². The smallest absolute Gasteiger partial charge is 0.158 e. The van der Waals surface area contributed by atoms with Crippen LogP contribution in [-0.2, 0) is 17.9 Å². The number of hydrogen-bond acceptors (Lipinski definition) is 5. The molecule has 0 unspecified atom stereocenters. The predicted octanol–water partition coefficient (Wildman–Crippen LogP) is 3.26. The summed E-state index contributed by atoms with van der Waals surface area (Å²) in [6, 6.07) is 3.81. The number of rotatable bonds is 5. The zero-order chi connectivity index (χ0) is 13.0. The number of thiophene rings is 1. The van der Waals surface area contributed by atoms with E-state index < -0.39 is 0 Å². The number of aryl methyl sites for hydroxylation is 1. The molecule has 2 rings (SSSR count). The van der Waals surface area contributed by atoms with Crippen molar-refractivity contribution in [1.82, 2.24) is 9.97 Å². The third kappa shape index (κ3) is 3.41. The molecule has 0 fully saturated rings. The number of nitrogens with zero attached hydrogens (tertiary/aromatic N) is 2. The Morgan fingerprint density at radius 1 is 1.44 bits per heavy atom. The van der Waals surface area contributed by atoms with E-state index in [2.05, 4.69) is 33.7 Å². The van der Waals surface area contributed by atoms with Crippen molar-refractivity contribution in [1.29, 1.82) is 0 Å². The summed E-state index contributed by atoms with van der Waals surface area (Å²) in [4.78, 5) is 9.69. The highest BCUT2D eigenvalue weighted by Crippen LogP contribution is 2.18. The molecule has 0 saturated carbocycles. The van der Waals surface area contributed by atoms with E-state index in [4.69, 9.17) is 16.3 Å². The third-order valence-corrected chi connectivity index (χ3v) is 3.63. The lowest BCUT2D eigenvalue weighted by Crippen LogP contribution is -2.05. The predicted molar refractivity (Wildman–Crippen MR) is 74.1 cm³/mol. The quantitative estimate of drug-likeness (QED) is 0.856. The lowest BCUT2D eigenvalue weighted by Gasteiger charge is -2.07. The Morgan fingerprint density at radius 3 is 2.94 bits per heavy atom. The van der Waals surface area contributed by atoms with Gasteiger partial charge in [0.05, 0.1) is 6.54 Å². The molecule has 0 amide bonds. The van der Waals surface area contributed by atoms with Gasteiger partial charge in [-0.3, -0.25) is 0 Å². The molecule has 2 aromatic heterocycles. The van der Waals surface area contributed by atoms with Gasteiger partial charge in [0.25, 0.3) is 0 Å². The molecule has 6 heteroatoms. The second-order valence-corrected chi connectivity index (χ2v) is 5.19. The molecule has 0 aliphatic rings. The van der Waals surface area contributed by atoms with E-state index in [9.17, 15) is 0 Å². The summed E-state index contributed by atoms with van der Waals surface area (Å²) in [5.74, 6) is 1.30. The Labute approximate surface area is 115 Å². The second kappa shape index (κ2) is 6.13. The molecule has 0 atom stereocenters. The second-order valence-electron chi connectivity index (χ2n) is 3.81. The molecule has 0 aromatic carbocycles. The molecule has 96 valence electrons. The number of nitrogens with one attached hydrogen (secondary N) is 1. The van der Waals surface area contributed by atoms with Crippen LogP contribution in [0.1, 0.15) is 16.3 Å². The highest BCUT2D eigenvalue weighted by Gasteiger charge is 2.04. The minimum Gasteiger partial charge on any atom is -0.377 e. The summed E-state index contributed by atoms with van der Waals surface area (Å²) in [5, 5.41) is 5.74. The van der Waals surface area contributed by atoms with Crippen LogP contribution in [0, 0.1) is 6.92 Å². The van der Waals surface area contributed by atoms with Crippen LogP contribution in [0.2, 0.25) is 5.15 Å². The van der Waals surface area contributed by atoms with E-state index in [1.165, 1.54) is 10.4 Å². The van der Waals surface area contributed by atoms with Gasteiger partial charge in [0, 0.05) is 18.1 Å². The van der Waals surface area contributed by atoms with E-state index in [0.717, 1.165) is 12.4 Å². The van der Waals surface area contributed by atoms with Crippen LogP contribution >= 0.6 is 22.9 Å². The highest BCUT2D eigenvalue weighted by molar-refractivity contribution is 7.10. The van der Waals surface area contributed by atoms with Gasteiger partial charge in [0.2, 0.25) is 0 Å². The van der Waals surface area contributed by atoms with Gasteiger partial charge in [-0.05, 0) is 23.9 Å². The molecule has 0 radical (unpaired) electrons. The first-order valence-corrected chi connectivity index (χ1v) is 6.74. The normalized spacial score (nSPS) is 10.6. The summed E-state index contributed by atoms with van der Waals surface area (Å²) in [6.45, 7) is 3.19. The molecule has 0 aliphatic carbocycles. The van der Waals surface area contributed by atoms with Gasteiger partial charge < -0.3 is 10.1 Å². The van der Waals surface area contributed by atoms with E-state index in [1.54, 1.807) is 24.5 Å². The van der Waals surface area contributed by atoms with E-state index >= 15 is 0 Å². The first-order chi connectivity index (χ1) is 8.69. The molecule has 0 saturated heterocycles. The van der Waals surface area contributed by atoms with Gasteiger partial charge in [-0.1, -0.05) is 11.6 Å². The number of aromatic nitrogens is 2. The van der Waals surface area contributed by atoms with Gasteiger partial charge in [-0.2, -0.15) is 0 Å². The summed E-state index contributed by atoms with van der Waals surface area (Å²) >= 11 is 7.66. The van der Waals surface area contributed by atoms with Crippen molar-refractivity contribution < 1.29 is 4.74 Å². The first-order valence-electron chi connectivity index (χ1n) is 5.48. The molecule has 0 aliphatic heterocycles. The number of methoxy groups -OCH3 is 1. The fraction of sp³-hybridized carbons (Fsp3) is 0.333. The lowest BCUT2D eigenvalue weighted by atomic mass is 10.3. The van der Waals surface area contributed by atoms with E-state index in [0.29, 0.717) is 17.6 Å². The Hall–Kier alpha value is -1.17.